The fourth-order valence-electron chi connectivity index (χ4n) is 1.99. The van der Waals surface area contributed by atoms with Gasteiger partial charge in [0.15, 0.2) is 0 Å². The van der Waals surface area contributed by atoms with Gasteiger partial charge in [0.25, 0.3) is 0 Å². The van der Waals surface area contributed by atoms with Crippen LogP contribution in [-0.4, -0.2) is 24.4 Å². The van der Waals surface area contributed by atoms with Crippen LogP contribution in [0.2, 0.25) is 0 Å². The van der Waals surface area contributed by atoms with Gasteiger partial charge < -0.3 is 15.2 Å². The van der Waals surface area contributed by atoms with Gasteiger partial charge in [-0.15, -0.1) is 0 Å². The van der Waals surface area contributed by atoms with Gasteiger partial charge in [0.2, 0.25) is 0 Å². The minimum absolute atomic E-state index is 0.366. The molecule has 1 heterocycles. The van der Waals surface area contributed by atoms with Crippen LogP contribution in [0, 0.1) is 6.92 Å². The number of phenols is 1. The molecule has 0 spiro atoms. The Bertz CT molecular complexity index is 346. The van der Waals surface area contributed by atoms with E-state index in [4.69, 9.17) is 4.74 Å². The lowest BCUT2D eigenvalue weighted by Crippen LogP contribution is -2.36. The summed E-state index contributed by atoms with van der Waals surface area (Å²) >= 11 is 0. The normalized spacial score (nSPS) is 20.9. The highest BCUT2D eigenvalue weighted by atomic mass is 16.5. The number of phenolic OH excluding ortho intramolecular Hbond substituents is 1. The maximum absolute atomic E-state index is 9.42. The molecule has 1 aromatic carbocycles. The highest BCUT2D eigenvalue weighted by molar-refractivity contribution is 5.34. The molecule has 1 fully saturated rings. The number of ether oxygens (including phenoxy) is 1. The van der Waals surface area contributed by atoms with Crippen LogP contribution >= 0.6 is 0 Å². The Balaban J connectivity index is 1.86. The number of hydrogen-bond donors (Lipinski definition) is 2. The summed E-state index contributed by atoms with van der Waals surface area (Å²) in [4.78, 5) is 0. The fraction of sp³-hybridized carbons (Fsp3) is 0.538. The maximum atomic E-state index is 9.42. The molecular weight excluding hydrogens is 202 g/mol. The third-order valence-corrected chi connectivity index (χ3v) is 3.02. The highest BCUT2D eigenvalue weighted by Crippen LogP contribution is 2.17. The second-order valence-corrected chi connectivity index (χ2v) is 4.42. The van der Waals surface area contributed by atoms with Crippen LogP contribution in [0.25, 0.3) is 0 Å². The van der Waals surface area contributed by atoms with Crippen LogP contribution in [0.1, 0.15) is 24.0 Å². The number of aryl methyl sites for hydroxylation is 1. The first-order valence-electron chi connectivity index (χ1n) is 5.85. The Hall–Kier alpha value is -1.06. The Morgan fingerprint density at radius 3 is 3.06 bits per heavy atom. The van der Waals surface area contributed by atoms with E-state index < -0.39 is 0 Å². The van der Waals surface area contributed by atoms with Crippen molar-refractivity contribution in [3.05, 3.63) is 29.3 Å². The van der Waals surface area contributed by atoms with Crippen molar-refractivity contribution in [3.8, 4) is 5.75 Å². The predicted octanol–water partition coefficient (Wildman–Crippen LogP) is 1.97. The van der Waals surface area contributed by atoms with Crippen molar-refractivity contribution in [1.29, 1.82) is 0 Å². The van der Waals surface area contributed by atoms with Gasteiger partial charge in [0, 0.05) is 19.2 Å². The zero-order valence-corrected chi connectivity index (χ0v) is 9.70. The molecular formula is C13H19NO2. The van der Waals surface area contributed by atoms with Crippen LogP contribution in [0.15, 0.2) is 18.2 Å². The second-order valence-electron chi connectivity index (χ2n) is 4.42. The van der Waals surface area contributed by atoms with Gasteiger partial charge in [-0.2, -0.15) is 0 Å². The van der Waals surface area contributed by atoms with Crippen molar-refractivity contribution in [3.63, 3.8) is 0 Å². The average molecular weight is 221 g/mol. The summed E-state index contributed by atoms with van der Waals surface area (Å²) in [7, 11) is 0. The Kier molecular flexibility index (Phi) is 3.80. The molecule has 0 amide bonds. The molecule has 1 unspecified atom stereocenters. The summed E-state index contributed by atoms with van der Waals surface area (Å²) in [5.41, 5.74) is 2.14. The lowest BCUT2D eigenvalue weighted by molar-refractivity contribution is 0.0699. The van der Waals surface area contributed by atoms with Gasteiger partial charge in [-0.1, -0.05) is 12.1 Å². The summed E-state index contributed by atoms with van der Waals surface area (Å²) in [6.07, 6.45) is 2.34. The first kappa shape index (κ1) is 11.4. The van der Waals surface area contributed by atoms with Crippen LogP contribution < -0.4 is 5.32 Å². The number of benzene rings is 1. The molecule has 1 aliphatic rings. The minimum Gasteiger partial charge on any atom is -0.508 e. The van der Waals surface area contributed by atoms with E-state index in [0.717, 1.165) is 31.7 Å². The molecule has 3 heteroatoms. The molecule has 1 saturated heterocycles. The molecule has 0 radical (unpaired) electrons. The van der Waals surface area contributed by atoms with Crippen molar-refractivity contribution in [2.75, 3.05) is 13.2 Å². The molecule has 1 atom stereocenters. The van der Waals surface area contributed by atoms with Crippen LogP contribution in [-0.2, 0) is 11.3 Å². The Labute approximate surface area is 96.4 Å². The van der Waals surface area contributed by atoms with E-state index in [-0.39, 0.29) is 0 Å². The molecule has 1 aromatic rings. The second kappa shape index (κ2) is 5.32. The molecule has 0 bridgehead atoms. The number of hydrogen-bond acceptors (Lipinski definition) is 3. The van der Waals surface area contributed by atoms with Gasteiger partial charge in [-0.05, 0) is 37.0 Å². The summed E-state index contributed by atoms with van der Waals surface area (Å²) in [5.74, 6) is 0.366. The van der Waals surface area contributed by atoms with Gasteiger partial charge >= 0.3 is 0 Å². The zero-order valence-electron chi connectivity index (χ0n) is 9.70. The van der Waals surface area contributed by atoms with Crippen molar-refractivity contribution in [2.45, 2.75) is 32.4 Å². The van der Waals surface area contributed by atoms with E-state index in [9.17, 15) is 5.11 Å². The van der Waals surface area contributed by atoms with Crippen LogP contribution in [0.3, 0.4) is 0 Å². The van der Waals surface area contributed by atoms with Crippen molar-refractivity contribution in [1.82, 2.24) is 5.32 Å². The van der Waals surface area contributed by atoms with E-state index in [2.05, 4.69) is 5.32 Å². The largest absolute Gasteiger partial charge is 0.508 e. The monoisotopic (exact) mass is 221 g/mol. The average Bonchev–Trinajstić information content (AvgIpc) is 2.32. The first-order chi connectivity index (χ1) is 7.75. The lowest BCUT2D eigenvalue weighted by atomic mass is 10.1. The first-order valence-corrected chi connectivity index (χ1v) is 5.85. The van der Waals surface area contributed by atoms with Crippen LogP contribution in [0.4, 0.5) is 0 Å². The molecule has 3 nitrogen and oxygen atoms in total. The van der Waals surface area contributed by atoms with E-state index in [0.29, 0.717) is 11.8 Å². The van der Waals surface area contributed by atoms with E-state index in [1.54, 1.807) is 6.07 Å². The van der Waals surface area contributed by atoms with E-state index in [1.165, 1.54) is 12.0 Å². The standard InChI is InChI=1S/C13H19NO2/c1-10-7-11(4-5-13(10)15)8-14-12-3-2-6-16-9-12/h4-5,7,12,14-15H,2-3,6,8-9H2,1H3. The topological polar surface area (TPSA) is 41.5 Å². The predicted molar refractivity (Wildman–Crippen MR) is 63.5 cm³/mol. The van der Waals surface area contributed by atoms with Crippen molar-refractivity contribution in [2.24, 2.45) is 0 Å². The SMILES string of the molecule is Cc1cc(CNC2CCCOC2)ccc1O. The molecule has 16 heavy (non-hydrogen) atoms. The minimum atomic E-state index is 0.366. The molecule has 0 aromatic heterocycles. The van der Waals surface area contributed by atoms with Crippen LogP contribution in [0.5, 0.6) is 5.75 Å². The summed E-state index contributed by atoms with van der Waals surface area (Å²) in [5, 5.41) is 12.9. The zero-order chi connectivity index (χ0) is 11.4. The van der Waals surface area contributed by atoms with Gasteiger partial charge in [-0.3, -0.25) is 0 Å². The van der Waals surface area contributed by atoms with E-state index in [1.807, 2.05) is 19.1 Å². The third-order valence-electron chi connectivity index (χ3n) is 3.02. The molecule has 2 N–H and O–H groups in total. The van der Waals surface area contributed by atoms with Gasteiger partial charge in [-0.25, -0.2) is 0 Å². The van der Waals surface area contributed by atoms with Gasteiger partial charge in [0.1, 0.15) is 5.75 Å². The van der Waals surface area contributed by atoms with Crippen molar-refractivity contribution >= 4 is 0 Å². The quantitative estimate of drug-likeness (QED) is 0.820. The van der Waals surface area contributed by atoms with E-state index >= 15 is 0 Å². The lowest BCUT2D eigenvalue weighted by Gasteiger charge is -2.23. The number of rotatable bonds is 3. The molecule has 0 aliphatic carbocycles. The smallest absolute Gasteiger partial charge is 0.118 e. The molecule has 0 saturated carbocycles. The summed E-state index contributed by atoms with van der Waals surface area (Å²) in [6.45, 7) is 4.48. The Morgan fingerprint density at radius 2 is 2.38 bits per heavy atom. The molecule has 1 aliphatic heterocycles. The third kappa shape index (κ3) is 2.97. The summed E-state index contributed by atoms with van der Waals surface area (Å²) in [6, 6.07) is 6.21. The Morgan fingerprint density at radius 1 is 1.50 bits per heavy atom. The van der Waals surface area contributed by atoms with Gasteiger partial charge in [0.05, 0.1) is 6.61 Å². The number of nitrogens with one attached hydrogen (secondary N) is 1. The molecule has 2 rings (SSSR count). The maximum Gasteiger partial charge on any atom is 0.118 e. The fourth-order valence-corrected chi connectivity index (χ4v) is 1.99. The highest BCUT2D eigenvalue weighted by Gasteiger charge is 2.12. The number of aromatic hydroxyl groups is 1. The molecule has 88 valence electrons. The summed E-state index contributed by atoms with van der Waals surface area (Å²) < 4.78 is 5.41. The van der Waals surface area contributed by atoms with Crippen molar-refractivity contribution < 1.29 is 9.84 Å².